The minimum absolute atomic E-state index is 0.255. The normalized spacial score (nSPS) is 21.5. The van der Waals surface area contributed by atoms with Crippen LogP contribution in [0.25, 0.3) is 0 Å². The van der Waals surface area contributed by atoms with Crippen molar-refractivity contribution in [3.63, 3.8) is 0 Å². The lowest BCUT2D eigenvalue weighted by Crippen LogP contribution is -2.60. The summed E-state index contributed by atoms with van der Waals surface area (Å²) in [6.07, 6.45) is 32.5. The molecule has 1 aliphatic heterocycles. The number of hydrogen-bond donors (Lipinski definition) is 8. The SMILES string of the molecule is CCCCCCCC/C=C\CCCCCCCCC(O)C(=O)NC(COC1OC(CO)C(O)C(O)C1O)C(O)C(O)CCCCCCCCCCCCCCCCCCCC. The molecule has 1 amide bonds. The molecule has 1 aliphatic rings. The van der Waals surface area contributed by atoms with E-state index in [0.717, 1.165) is 51.4 Å². The first-order valence-electron chi connectivity index (χ1n) is 25.6. The van der Waals surface area contributed by atoms with Crippen LogP contribution in [0, 0.1) is 0 Å². The van der Waals surface area contributed by atoms with Gasteiger partial charge in [-0.05, 0) is 38.5 Å². The molecule has 1 fully saturated rings. The van der Waals surface area contributed by atoms with Gasteiger partial charge in [0.05, 0.1) is 25.4 Å². The lowest BCUT2D eigenvalue weighted by atomic mass is 9.98. The summed E-state index contributed by atoms with van der Waals surface area (Å²) in [5.41, 5.74) is 0. The van der Waals surface area contributed by atoms with Gasteiger partial charge >= 0.3 is 0 Å². The predicted molar refractivity (Wildman–Crippen MR) is 247 cm³/mol. The third-order valence-electron chi connectivity index (χ3n) is 12.6. The van der Waals surface area contributed by atoms with E-state index < -0.39 is 74.2 Å². The van der Waals surface area contributed by atoms with Gasteiger partial charge in [0.2, 0.25) is 5.91 Å². The second-order valence-electron chi connectivity index (χ2n) is 18.2. The zero-order valence-corrected chi connectivity index (χ0v) is 39.2. The molecule has 0 aromatic heterocycles. The summed E-state index contributed by atoms with van der Waals surface area (Å²) in [6.45, 7) is 3.45. The number of carbonyl (C=O) groups is 1. The highest BCUT2D eigenvalue weighted by Gasteiger charge is 2.44. The van der Waals surface area contributed by atoms with Crippen molar-refractivity contribution in [2.45, 2.75) is 287 Å². The van der Waals surface area contributed by atoms with Crippen molar-refractivity contribution in [2.75, 3.05) is 13.2 Å². The number of nitrogens with one attached hydrogen (secondary N) is 1. The van der Waals surface area contributed by atoms with Gasteiger partial charge in [0.1, 0.15) is 36.6 Å². The Morgan fingerprint density at radius 1 is 0.557 bits per heavy atom. The summed E-state index contributed by atoms with van der Waals surface area (Å²) < 4.78 is 11.1. The Hall–Kier alpha value is -1.15. The lowest BCUT2D eigenvalue weighted by molar-refractivity contribution is -0.303. The topological polar surface area (TPSA) is 189 Å². The molecule has 0 aromatic rings. The predicted octanol–water partition coefficient (Wildman–Crippen LogP) is 9.23. The van der Waals surface area contributed by atoms with Crippen LogP contribution in [0.4, 0.5) is 0 Å². The summed E-state index contributed by atoms with van der Waals surface area (Å²) in [6, 6.07) is -1.17. The van der Waals surface area contributed by atoms with Crippen LogP contribution < -0.4 is 5.32 Å². The molecule has 11 heteroatoms. The largest absolute Gasteiger partial charge is 0.394 e. The van der Waals surface area contributed by atoms with Gasteiger partial charge in [-0.25, -0.2) is 0 Å². The van der Waals surface area contributed by atoms with Gasteiger partial charge in [-0.2, -0.15) is 0 Å². The first-order chi connectivity index (χ1) is 29.7. The van der Waals surface area contributed by atoms with E-state index in [-0.39, 0.29) is 6.42 Å². The summed E-state index contributed by atoms with van der Waals surface area (Å²) in [7, 11) is 0. The molecule has 8 N–H and O–H groups in total. The molecule has 0 aromatic carbocycles. The molecule has 0 saturated carbocycles. The highest BCUT2D eigenvalue weighted by Crippen LogP contribution is 2.23. The van der Waals surface area contributed by atoms with Crippen LogP contribution in [-0.4, -0.2) is 110 Å². The van der Waals surface area contributed by atoms with E-state index in [0.29, 0.717) is 19.3 Å². The highest BCUT2D eigenvalue weighted by molar-refractivity contribution is 5.80. The quantitative estimate of drug-likeness (QED) is 0.0217. The number of aliphatic hydroxyl groups excluding tert-OH is 7. The smallest absolute Gasteiger partial charge is 0.249 e. The Labute approximate surface area is 372 Å². The first-order valence-corrected chi connectivity index (χ1v) is 25.6. The molecule has 0 bridgehead atoms. The fraction of sp³-hybridized carbons (Fsp3) is 0.940. The van der Waals surface area contributed by atoms with E-state index in [9.17, 15) is 40.5 Å². The van der Waals surface area contributed by atoms with Crippen LogP contribution in [-0.2, 0) is 14.3 Å². The molecule has 1 rings (SSSR count). The number of allylic oxidation sites excluding steroid dienone is 2. The monoisotopic (exact) mass is 872 g/mol. The van der Waals surface area contributed by atoms with Crippen LogP contribution in [0.2, 0.25) is 0 Å². The van der Waals surface area contributed by atoms with Crippen molar-refractivity contribution < 1.29 is 50.0 Å². The van der Waals surface area contributed by atoms with Crippen molar-refractivity contribution >= 4 is 5.91 Å². The molecule has 9 atom stereocenters. The molecule has 0 spiro atoms. The van der Waals surface area contributed by atoms with Crippen molar-refractivity contribution in [3.05, 3.63) is 12.2 Å². The lowest BCUT2D eigenvalue weighted by Gasteiger charge is -2.40. The molecule has 362 valence electrons. The minimum atomic E-state index is -1.66. The number of rotatable bonds is 43. The zero-order chi connectivity index (χ0) is 44.8. The van der Waals surface area contributed by atoms with Crippen LogP contribution >= 0.6 is 0 Å². The van der Waals surface area contributed by atoms with Gasteiger partial charge in [-0.3, -0.25) is 4.79 Å². The molecule has 1 heterocycles. The van der Waals surface area contributed by atoms with E-state index in [4.69, 9.17) is 9.47 Å². The van der Waals surface area contributed by atoms with E-state index in [1.165, 1.54) is 141 Å². The van der Waals surface area contributed by atoms with Gasteiger partial charge in [0.15, 0.2) is 6.29 Å². The Morgan fingerprint density at radius 2 is 0.951 bits per heavy atom. The Balaban J connectivity index is 2.40. The average Bonchev–Trinajstić information content (AvgIpc) is 3.26. The standard InChI is InChI=1S/C50H97NO10/c1-3-5-7-9-11-13-15-17-19-21-22-24-25-27-29-31-33-35-37-42(53)45(55)41(40-60-50-48(58)47(57)46(56)44(39-52)61-50)51-49(59)43(54)38-36-34-32-30-28-26-23-20-18-16-14-12-10-8-6-4-2/h18,20,41-48,50,52-58H,3-17,19,21-40H2,1-2H3,(H,51,59)/b20-18-. The zero-order valence-electron chi connectivity index (χ0n) is 39.2. The van der Waals surface area contributed by atoms with Crippen LogP contribution in [0.3, 0.4) is 0 Å². The third kappa shape index (κ3) is 29.8. The van der Waals surface area contributed by atoms with Gasteiger partial charge in [-0.15, -0.1) is 0 Å². The van der Waals surface area contributed by atoms with E-state index in [2.05, 4.69) is 31.3 Å². The Morgan fingerprint density at radius 3 is 1.38 bits per heavy atom. The number of hydrogen-bond acceptors (Lipinski definition) is 10. The Bertz CT molecular complexity index is 1000. The molecule has 9 unspecified atom stereocenters. The number of ether oxygens (including phenoxy) is 2. The van der Waals surface area contributed by atoms with E-state index in [1.807, 2.05) is 0 Å². The van der Waals surface area contributed by atoms with Crippen molar-refractivity contribution in [3.8, 4) is 0 Å². The number of aliphatic hydroxyl groups is 7. The van der Waals surface area contributed by atoms with Gasteiger partial charge in [-0.1, -0.05) is 206 Å². The van der Waals surface area contributed by atoms with E-state index in [1.54, 1.807) is 0 Å². The summed E-state index contributed by atoms with van der Waals surface area (Å²) in [5.74, 6) is -0.699. The molecular formula is C50H97NO10. The van der Waals surface area contributed by atoms with Crippen molar-refractivity contribution in [1.82, 2.24) is 5.32 Å². The highest BCUT2D eigenvalue weighted by atomic mass is 16.7. The van der Waals surface area contributed by atoms with Crippen LogP contribution in [0.15, 0.2) is 12.2 Å². The molecule has 0 aliphatic carbocycles. The maximum atomic E-state index is 13.1. The summed E-state index contributed by atoms with van der Waals surface area (Å²) in [4.78, 5) is 13.1. The molecule has 1 saturated heterocycles. The molecule has 0 radical (unpaired) electrons. The van der Waals surface area contributed by atoms with Crippen molar-refractivity contribution in [2.24, 2.45) is 0 Å². The Kier molecular flexibility index (Phi) is 38.3. The van der Waals surface area contributed by atoms with Gasteiger partial charge in [0.25, 0.3) is 0 Å². The fourth-order valence-electron chi connectivity index (χ4n) is 8.32. The molecular weight excluding hydrogens is 775 g/mol. The maximum absolute atomic E-state index is 13.1. The van der Waals surface area contributed by atoms with Crippen molar-refractivity contribution in [1.29, 1.82) is 0 Å². The first kappa shape index (κ1) is 57.9. The van der Waals surface area contributed by atoms with Gasteiger partial charge < -0.3 is 50.5 Å². The molecule has 11 nitrogen and oxygen atoms in total. The summed E-state index contributed by atoms with van der Waals surface area (Å²) >= 11 is 0. The molecule has 61 heavy (non-hydrogen) atoms. The van der Waals surface area contributed by atoms with Crippen LogP contribution in [0.5, 0.6) is 0 Å². The number of unbranched alkanes of at least 4 members (excludes halogenated alkanes) is 29. The van der Waals surface area contributed by atoms with Gasteiger partial charge in [0, 0.05) is 0 Å². The second-order valence-corrected chi connectivity index (χ2v) is 18.2. The maximum Gasteiger partial charge on any atom is 0.249 e. The van der Waals surface area contributed by atoms with Crippen LogP contribution in [0.1, 0.15) is 232 Å². The number of amides is 1. The average molecular weight is 872 g/mol. The number of carbonyl (C=O) groups excluding carboxylic acids is 1. The van der Waals surface area contributed by atoms with E-state index >= 15 is 0 Å². The summed E-state index contributed by atoms with van der Waals surface area (Å²) in [5, 5.41) is 75.9. The minimum Gasteiger partial charge on any atom is -0.394 e. The second kappa shape index (κ2) is 40.4. The third-order valence-corrected chi connectivity index (χ3v) is 12.6. The fourth-order valence-corrected chi connectivity index (χ4v) is 8.32.